The summed E-state index contributed by atoms with van der Waals surface area (Å²) in [5.41, 5.74) is 0. The molecule has 0 heterocycles. The van der Waals surface area contributed by atoms with Crippen LogP contribution in [-0.4, -0.2) is 96.7 Å². The van der Waals surface area contributed by atoms with Crippen LogP contribution in [0.15, 0.2) is 24.3 Å². The second-order valence-electron chi connectivity index (χ2n) is 30.1. The lowest BCUT2D eigenvalue weighted by Crippen LogP contribution is -2.30. The van der Waals surface area contributed by atoms with Gasteiger partial charge >= 0.3 is 39.5 Å². The van der Waals surface area contributed by atoms with Crippen LogP contribution >= 0.6 is 15.6 Å². The van der Waals surface area contributed by atoms with Gasteiger partial charge in [0.1, 0.15) is 19.3 Å². The molecule has 0 aromatic carbocycles. The molecule has 102 heavy (non-hydrogen) atoms. The van der Waals surface area contributed by atoms with Crippen LogP contribution in [-0.2, 0) is 65.4 Å². The van der Waals surface area contributed by atoms with Crippen LogP contribution in [0.5, 0.6) is 0 Å². The van der Waals surface area contributed by atoms with Crippen LogP contribution in [0.3, 0.4) is 0 Å². The van der Waals surface area contributed by atoms with Crippen molar-refractivity contribution >= 4 is 39.5 Å². The Balaban J connectivity index is 5.30. The van der Waals surface area contributed by atoms with E-state index in [1.807, 2.05) is 0 Å². The number of carbonyl (C=O) groups is 4. The van der Waals surface area contributed by atoms with Gasteiger partial charge in [0, 0.05) is 25.7 Å². The minimum atomic E-state index is -4.97. The largest absolute Gasteiger partial charge is 0.472 e. The first kappa shape index (κ1) is 99.5. The third-order valence-corrected chi connectivity index (χ3v) is 20.7. The van der Waals surface area contributed by atoms with E-state index in [1.54, 1.807) is 0 Å². The van der Waals surface area contributed by atoms with Gasteiger partial charge in [-0.15, -0.1) is 0 Å². The third kappa shape index (κ3) is 75.8. The fourth-order valence-electron chi connectivity index (χ4n) is 12.3. The predicted molar refractivity (Wildman–Crippen MR) is 418 cm³/mol. The lowest BCUT2D eigenvalue weighted by Gasteiger charge is -2.21. The Bertz CT molecular complexity index is 2050. The van der Waals surface area contributed by atoms with Gasteiger partial charge in [0.25, 0.3) is 0 Å². The highest BCUT2D eigenvalue weighted by Gasteiger charge is 2.30. The molecule has 602 valence electrons. The highest BCUT2D eigenvalue weighted by atomic mass is 31.2. The van der Waals surface area contributed by atoms with Gasteiger partial charge in [-0.05, 0) is 63.2 Å². The number of esters is 4. The molecule has 17 nitrogen and oxygen atoms in total. The summed E-state index contributed by atoms with van der Waals surface area (Å²) < 4.78 is 68.8. The molecule has 0 saturated carbocycles. The Morgan fingerprint density at radius 2 is 0.529 bits per heavy atom. The maximum atomic E-state index is 13.1. The molecule has 0 aromatic rings. The van der Waals surface area contributed by atoms with Gasteiger partial charge in [0.2, 0.25) is 0 Å². The summed E-state index contributed by atoms with van der Waals surface area (Å²) in [6.45, 7) is 9.62. The van der Waals surface area contributed by atoms with E-state index in [1.165, 1.54) is 212 Å². The molecule has 0 aliphatic rings. The van der Waals surface area contributed by atoms with E-state index in [4.69, 9.17) is 37.0 Å². The van der Waals surface area contributed by atoms with E-state index >= 15 is 0 Å². The molecule has 0 aliphatic carbocycles. The van der Waals surface area contributed by atoms with Crippen LogP contribution in [0.2, 0.25) is 0 Å². The molecule has 5 atom stereocenters. The number of phosphoric acid groups is 2. The summed E-state index contributed by atoms with van der Waals surface area (Å²) >= 11 is 0. The van der Waals surface area contributed by atoms with Crippen LogP contribution in [0.25, 0.3) is 0 Å². The molecule has 0 saturated heterocycles. The standard InChI is InChI=1S/C83H158O17P2/c1-7-9-11-13-15-17-19-21-24-29-36-42-48-54-60-66-81(86)94-72-78(99-82(87)67-61-55-49-43-37-30-26-23-22-25-28-33-39-45-51-57-63-75(3)4)73-97-101(89,90)95-69-77(84)70-96-102(91,92)98-74-79(71-93-80(85)65-59-53-47-41-35-27-20-18-16-14-12-10-8-2)100-83(88)68-62-56-50-44-38-32-31-34-40-46-52-58-64-76(5)6/h17,19,21,24,75-79,84H,7-16,18,20,22-23,25-74H2,1-6H3,(H,89,90)(H,91,92)/b19-17-,24-21-/t77-,78-,79-/m1/s1. The maximum Gasteiger partial charge on any atom is 0.472 e. The van der Waals surface area contributed by atoms with E-state index in [9.17, 15) is 43.2 Å². The molecule has 0 rings (SSSR count). The summed E-state index contributed by atoms with van der Waals surface area (Å²) in [5.74, 6) is -0.552. The number of hydrogen-bond acceptors (Lipinski definition) is 15. The lowest BCUT2D eigenvalue weighted by molar-refractivity contribution is -0.161. The molecule has 2 unspecified atom stereocenters. The van der Waals surface area contributed by atoms with Crippen molar-refractivity contribution in [3.05, 3.63) is 24.3 Å². The number of ether oxygens (including phenoxy) is 4. The van der Waals surface area contributed by atoms with Crippen molar-refractivity contribution in [2.24, 2.45) is 11.8 Å². The van der Waals surface area contributed by atoms with Crippen LogP contribution in [0, 0.1) is 11.8 Å². The van der Waals surface area contributed by atoms with Gasteiger partial charge in [-0.2, -0.15) is 0 Å². The molecule has 0 spiro atoms. The van der Waals surface area contributed by atoms with E-state index in [0.717, 1.165) is 121 Å². The summed E-state index contributed by atoms with van der Waals surface area (Å²) in [6.07, 6.45) is 67.3. The second-order valence-corrected chi connectivity index (χ2v) is 33.0. The van der Waals surface area contributed by atoms with Crippen LogP contribution in [0.4, 0.5) is 0 Å². The molecular formula is C83H158O17P2. The highest BCUT2D eigenvalue weighted by molar-refractivity contribution is 7.47. The highest BCUT2D eigenvalue weighted by Crippen LogP contribution is 2.45. The Kier molecular flexibility index (Phi) is 72.2. The lowest BCUT2D eigenvalue weighted by atomic mass is 10.0. The van der Waals surface area contributed by atoms with Gasteiger partial charge in [-0.3, -0.25) is 37.3 Å². The number of rotatable bonds is 80. The molecule has 19 heteroatoms. The zero-order chi connectivity index (χ0) is 74.9. The van der Waals surface area contributed by atoms with Crippen molar-refractivity contribution in [1.29, 1.82) is 0 Å². The first-order valence-corrected chi connectivity index (χ1v) is 45.3. The first-order valence-electron chi connectivity index (χ1n) is 42.3. The quantitative estimate of drug-likeness (QED) is 0.0169. The Morgan fingerprint density at radius 3 is 0.804 bits per heavy atom. The second kappa shape index (κ2) is 74.0. The molecule has 3 N–H and O–H groups in total. The average Bonchev–Trinajstić information content (AvgIpc) is 0.953. The number of allylic oxidation sites excluding steroid dienone is 4. The monoisotopic (exact) mass is 1490 g/mol. The van der Waals surface area contributed by atoms with E-state index in [0.29, 0.717) is 25.7 Å². The van der Waals surface area contributed by atoms with Crippen molar-refractivity contribution in [3.8, 4) is 0 Å². The van der Waals surface area contributed by atoms with Crippen molar-refractivity contribution < 1.29 is 80.2 Å². The predicted octanol–water partition coefficient (Wildman–Crippen LogP) is 24.6. The van der Waals surface area contributed by atoms with Crippen LogP contribution in [0.1, 0.15) is 414 Å². The maximum absolute atomic E-state index is 13.1. The van der Waals surface area contributed by atoms with Gasteiger partial charge < -0.3 is 33.8 Å². The Hall–Kier alpha value is -2.46. The van der Waals surface area contributed by atoms with E-state index in [2.05, 4.69) is 65.8 Å². The van der Waals surface area contributed by atoms with Gasteiger partial charge in [-0.1, -0.05) is 361 Å². The number of phosphoric ester groups is 2. The molecular weight excluding hydrogens is 1330 g/mol. The van der Waals surface area contributed by atoms with Gasteiger partial charge in [-0.25, -0.2) is 9.13 Å². The summed E-state index contributed by atoms with van der Waals surface area (Å²) in [7, 11) is -9.94. The van der Waals surface area contributed by atoms with Gasteiger partial charge in [0.05, 0.1) is 26.4 Å². The van der Waals surface area contributed by atoms with Crippen LogP contribution < -0.4 is 0 Å². The number of aliphatic hydroxyl groups is 1. The zero-order valence-electron chi connectivity index (χ0n) is 66.4. The topological polar surface area (TPSA) is 237 Å². The molecule has 0 aromatic heterocycles. The molecule has 0 bridgehead atoms. The normalized spacial score (nSPS) is 14.0. The SMILES string of the molecule is CCCCCC/C=C\C=C/CCCCCCCC(=O)OC[C@H](COP(=O)(O)OC[C@@H](O)COP(=O)(O)OC[C@@H](COC(=O)CCCCCCCCCCCCCCC)OC(=O)CCCCCCCCCCCCCCC(C)C)OC(=O)CCCCCCCCCCCCCCCCCCC(C)C. The Labute approximate surface area is 624 Å². The number of hydrogen-bond donors (Lipinski definition) is 3. The Morgan fingerprint density at radius 1 is 0.304 bits per heavy atom. The summed E-state index contributed by atoms with van der Waals surface area (Å²) in [4.78, 5) is 73.1. The number of unbranched alkanes of at least 4 members (excludes halogenated alkanes) is 47. The van der Waals surface area contributed by atoms with Crippen molar-refractivity contribution in [2.75, 3.05) is 39.6 Å². The van der Waals surface area contributed by atoms with Crippen molar-refractivity contribution in [2.45, 2.75) is 432 Å². The summed E-state index contributed by atoms with van der Waals surface area (Å²) in [5, 5.41) is 10.7. The molecule has 0 aliphatic heterocycles. The van der Waals surface area contributed by atoms with Crippen molar-refractivity contribution in [3.63, 3.8) is 0 Å². The fraction of sp³-hybridized carbons (Fsp3) is 0.904. The van der Waals surface area contributed by atoms with Crippen molar-refractivity contribution in [1.82, 2.24) is 0 Å². The van der Waals surface area contributed by atoms with E-state index < -0.39 is 97.5 Å². The minimum absolute atomic E-state index is 0.101. The number of carbonyl (C=O) groups excluding carboxylic acids is 4. The first-order chi connectivity index (χ1) is 49.4. The molecule has 0 fully saturated rings. The molecule has 0 radical (unpaired) electrons. The number of aliphatic hydroxyl groups excluding tert-OH is 1. The zero-order valence-corrected chi connectivity index (χ0v) is 68.2. The minimum Gasteiger partial charge on any atom is -0.462 e. The fourth-order valence-corrected chi connectivity index (χ4v) is 13.9. The molecule has 0 amide bonds. The smallest absolute Gasteiger partial charge is 0.462 e. The summed E-state index contributed by atoms with van der Waals surface area (Å²) in [6, 6.07) is 0. The third-order valence-electron chi connectivity index (χ3n) is 18.8. The van der Waals surface area contributed by atoms with Gasteiger partial charge in [0.15, 0.2) is 12.2 Å². The van der Waals surface area contributed by atoms with E-state index in [-0.39, 0.29) is 25.7 Å². The average molecular weight is 1490 g/mol.